The van der Waals surface area contributed by atoms with Crippen LogP contribution in [0.25, 0.3) is 0 Å². The van der Waals surface area contributed by atoms with Crippen LogP contribution in [-0.4, -0.2) is 4.98 Å². The van der Waals surface area contributed by atoms with Gasteiger partial charge in [-0.1, -0.05) is 13.8 Å². The summed E-state index contributed by atoms with van der Waals surface area (Å²) in [6.45, 7) is 7.51. The van der Waals surface area contributed by atoms with Gasteiger partial charge in [0.2, 0.25) is 0 Å². The lowest BCUT2D eigenvalue weighted by atomic mass is 10.2. The van der Waals surface area contributed by atoms with Crippen molar-refractivity contribution in [3.05, 3.63) is 24.3 Å². The number of hydrogen-bond acceptors (Lipinski definition) is 1. The quantitative estimate of drug-likeness (QED) is 0.583. The molecule has 2 heteroatoms. The average molecular weight is 151 g/mol. The number of aromatic nitrogens is 2. The van der Waals surface area contributed by atoms with Crippen LogP contribution in [0.5, 0.6) is 0 Å². The summed E-state index contributed by atoms with van der Waals surface area (Å²) in [5.41, 5.74) is 1.08. The Bertz CT molecular complexity index is 231. The first-order chi connectivity index (χ1) is 5.18. The molecule has 0 aliphatic heterocycles. The summed E-state index contributed by atoms with van der Waals surface area (Å²) in [5, 5.41) is 0. The van der Waals surface area contributed by atoms with E-state index in [-0.39, 0.29) is 0 Å². The van der Waals surface area contributed by atoms with E-state index in [4.69, 9.17) is 0 Å². The molecule has 0 amide bonds. The molecule has 0 aliphatic rings. The fourth-order valence-corrected chi connectivity index (χ4v) is 1.09. The smallest absolute Gasteiger partial charge is 0.190 e. The van der Waals surface area contributed by atoms with Gasteiger partial charge in [0.25, 0.3) is 0 Å². The molecule has 11 heavy (non-hydrogen) atoms. The van der Waals surface area contributed by atoms with Crippen molar-refractivity contribution in [3.8, 4) is 0 Å². The van der Waals surface area contributed by atoms with Crippen LogP contribution in [0.3, 0.4) is 0 Å². The van der Waals surface area contributed by atoms with Gasteiger partial charge in [-0.3, -0.25) is 0 Å². The molecule has 2 nitrogen and oxygen atoms in total. The number of nitrogens with zero attached hydrogens (tertiary/aromatic N) is 2. The largest absolute Gasteiger partial charge is 0.249 e. The van der Waals surface area contributed by atoms with Crippen molar-refractivity contribution in [1.29, 1.82) is 0 Å². The molecule has 0 fully saturated rings. The lowest BCUT2D eigenvalue weighted by molar-refractivity contribution is -0.703. The molecule has 0 bridgehead atoms. The highest BCUT2D eigenvalue weighted by Gasteiger charge is 2.03. The molecule has 0 saturated carbocycles. The Morgan fingerprint density at radius 2 is 2.27 bits per heavy atom. The van der Waals surface area contributed by atoms with Gasteiger partial charge in [-0.2, -0.15) is 0 Å². The Hall–Kier alpha value is -0.920. The molecule has 0 unspecified atom stereocenters. The number of aryl methyl sites for hydroxylation is 1. The summed E-state index contributed by atoms with van der Waals surface area (Å²) in [4.78, 5) is 4.13. The van der Waals surface area contributed by atoms with Gasteiger partial charge in [0, 0.05) is 5.92 Å². The third-order valence-electron chi connectivity index (χ3n) is 1.46. The number of rotatable bonds is 2. The standard InChI is InChI=1S/C9H15N2/c1-8(2)6-11-5-4-10-9(3)7-11/h4-5,7-8H,6H2,1-3H3/q+1. The lowest BCUT2D eigenvalue weighted by Crippen LogP contribution is -2.35. The first-order valence-electron chi connectivity index (χ1n) is 4.00. The van der Waals surface area contributed by atoms with E-state index in [1.165, 1.54) is 0 Å². The van der Waals surface area contributed by atoms with Crippen LogP contribution in [-0.2, 0) is 6.54 Å². The van der Waals surface area contributed by atoms with Gasteiger partial charge in [-0.15, -0.1) is 0 Å². The van der Waals surface area contributed by atoms with Crippen molar-refractivity contribution in [3.63, 3.8) is 0 Å². The van der Waals surface area contributed by atoms with Gasteiger partial charge < -0.3 is 0 Å². The predicted molar refractivity (Wildman–Crippen MR) is 44.0 cm³/mol. The van der Waals surface area contributed by atoms with Crippen LogP contribution in [0.1, 0.15) is 19.5 Å². The van der Waals surface area contributed by atoms with Crippen LogP contribution < -0.4 is 4.57 Å². The maximum Gasteiger partial charge on any atom is 0.190 e. The minimum atomic E-state index is 0.696. The Morgan fingerprint density at radius 3 is 2.82 bits per heavy atom. The Labute approximate surface area is 67.9 Å². The van der Waals surface area contributed by atoms with E-state index in [1.807, 2.05) is 19.3 Å². The van der Waals surface area contributed by atoms with E-state index in [9.17, 15) is 0 Å². The average Bonchev–Trinajstić information content (AvgIpc) is 1.85. The Morgan fingerprint density at radius 1 is 1.55 bits per heavy atom. The molecule has 1 aromatic rings. The molecule has 0 N–H and O–H groups in total. The molecule has 0 atom stereocenters. The number of hydrogen-bond donors (Lipinski definition) is 0. The third-order valence-corrected chi connectivity index (χ3v) is 1.46. The van der Waals surface area contributed by atoms with Crippen molar-refractivity contribution >= 4 is 0 Å². The normalized spacial score (nSPS) is 10.5. The minimum absolute atomic E-state index is 0.696. The highest BCUT2D eigenvalue weighted by atomic mass is 15.0. The predicted octanol–water partition coefficient (Wildman–Crippen LogP) is 1.33. The second-order valence-corrected chi connectivity index (χ2v) is 3.29. The molecule has 1 rings (SSSR count). The summed E-state index contributed by atoms with van der Waals surface area (Å²) in [5.74, 6) is 0.696. The van der Waals surface area contributed by atoms with Gasteiger partial charge in [0.15, 0.2) is 18.9 Å². The first-order valence-corrected chi connectivity index (χ1v) is 4.00. The van der Waals surface area contributed by atoms with Crippen molar-refractivity contribution in [2.75, 3.05) is 0 Å². The molecule has 0 saturated heterocycles. The van der Waals surface area contributed by atoms with Gasteiger partial charge in [0.1, 0.15) is 5.69 Å². The molecular formula is C9H15N2+. The van der Waals surface area contributed by atoms with Gasteiger partial charge in [0.05, 0.1) is 6.20 Å². The zero-order valence-corrected chi connectivity index (χ0v) is 7.41. The summed E-state index contributed by atoms with van der Waals surface area (Å²) in [6, 6.07) is 0. The highest BCUT2D eigenvalue weighted by molar-refractivity contribution is 4.84. The van der Waals surface area contributed by atoms with Gasteiger partial charge in [-0.05, 0) is 6.92 Å². The summed E-state index contributed by atoms with van der Waals surface area (Å²) >= 11 is 0. The second-order valence-electron chi connectivity index (χ2n) is 3.29. The Balaban J connectivity index is 2.71. The lowest BCUT2D eigenvalue weighted by Gasteiger charge is -1.99. The molecular weight excluding hydrogens is 136 g/mol. The van der Waals surface area contributed by atoms with E-state index in [1.54, 1.807) is 0 Å². The maximum absolute atomic E-state index is 4.13. The fourth-order valence-electron chi connectivity index (χ4n) is 1.09. The summed E-state index contributed by atoms with van der Waals surface area (Å²) in [7, 11) is 0. The SMILES string of the molecule is Cc1c[n+](CC(C)C)ccn1. The topological polar surface area (TPSA) is 16.8 Å². The Kier molecular flexibility index (Phi) is 2.58. The van der Waals surface area contributed by atoms with E-state index < -0.39 is 0 Å². The minimum Gasteiger partial charge on any atom is -0.249 e. The van der Waals surface area contributed by atoms with Crippen molar-refractivity contribution in [2.45, 2.75) is 27.3 Å². The van der Waals surface area contributed by atoms with Crippen molar-refractivity contribution in [2.24, 2.45) is 5.92 Å². The van der Waals surface area contributed by atoms with Crippen molar-refractivity contribution in [1.82, 2.24) is 4.98 Å². The van der Waals surface area contributed by atoms with Crippen LogP contribution in [0.4, 0.5) is 0 Å². The van der Waals surface area contributed by atoms with Crippen LogP contribution in [0, 0.1) is 12.8 Å². The van der Waals surface area contributed by atoms with E-state index >= 15 is 0 Å². The van der Waals surface area contributed by atoms with Crippen LogP contribution >= 0.6 is 0 Å². The zero-order valence-electron chi connectivity index (χ0n) is 7.41. The molecule has 1 aromatic heterocycles. The second kappa shape index (κ2) is 3.46. The molecule has 1 heterocycles. The molecule has 0 radical (unpaired) electrons. The fraction of sp³-hybridized carbons (Fsp3) is 0.556. The van der Waals surface area contributed by atoms with Crippen molar-refractivity contribution < 1.29 is 4.57 Å². The first kappa shape index (κ1) is 8.18. The van der Waals surface area contributed by atoms with Crippen LogP contribution in [0.2, 0.25) is 0 Å². The summed E-state index contributed by atoms with van der Waals surface area (Å²) < 4.78 is 2.17. The van der Waals surface area contributed by atoms with Gasteiger partial charge in [-0.25, -0.2) is 9.55 Å². The monoisotopic (exact) mass is 151 g/mol. The molecule has 0 aromatic carbocycles. The maximum atomic E-state index is 4.13. The van der Waals surface area contributed by atoms with E-state index in [0.717, 1.165) is 12.2 Å². The van der Waals surface area contributed by atoms with E-state index in [2.05, 4.69) is 29.6 Å². The molecule has 0 aliphatic carbocycles. The van der Waals surface area contributed by atoms with Gasteiger partial charge >= 0.3 is 0 Å². The zero-order chi connectivity index (χ0) is 8.27. The van der Waals surface area contributed by atoms with E-state index in [0.29, 0.717) is 5.92 Å². The van der Waals surface area contributed by atoms with Crippen LogP contribution in [0.15, 0.2) is 18.6 Å². The molecule has 60 valence electrons. The summed E-state index contributed by atoms with van der Waals surface area (Å²) in [6.07, 6.45) is 5.92. The molecule has 0 spiro atoms. The highest BCUT2D eigenvalue weighted by Crippen LogP contribution is 1.91. The third kappa shape index (κ3) is 2.66.